The smallest absolute Gasteiger partial charge is 0.177 e. The molecule has 0 bridgehead atoms. The summed E-state index contributed by atoms with van der Waals surface area (Å²) in [6.45, 7) is 2.92. The van der Waals surface area contributed by atoms with Crippen LogP contribution in [0.5, 0.6) is 0 Å². The van der Waals surface area contributed by atoms with Crippen molar-refractivity contribution in [3.8, 4) is 0 Å². The number of benzene rings is 3. The lowest BCUT2D eigenvalue weighted by Gasteiger charge is -2.18. The van der Waals surface area contributed by atoms with Crippen LogP contribution in [0, 0.1) is 0 Å². The van der Waals surface area contributed by atoms with Crippen LogP contribution in [0.3, 0.4) is 0 Å². The van der Waals surface area contributed by atoms with E-state index in [-0.39, 0.29) is 11.6 Å². The van der Waals surface area contributed by atoms with Crippen molar-refractivity contribution in [3.05, 3.63) is 53.6 Å². The minimum atomic E-state index is 0.0734. The van der Waals surface area contributed by atoms with Gasteiger partial charge in [0.2, 0.25) is 0 Å². The molecular weight excluding hydrogens is 452 g/mol. The molecule has 0 N–H and O–H groups in total. The van der Waals surface area contributed by atoms with Crippen molar-refractivity contribution in [1.29, 1.82) is 0 Å². The average molecular weight is 493 g/mol. The lowest BCUT2D eigenvalue weighted by atomic mass is 9.91. The van der Waals surface area contributed by atoms with Gasteiger partial charge < -0.3 is 9.80 Å². The molecule has 0 unspecified atom stereocenters. The van der Waals surface area contributed by atoms with Crippen LogP contribution >= 0.6 is 11.8 Å². The van der Waals surface area contributed by atoms with E-state index in [1.165, 1.54) is 43.4 Å². The lowest BCUT2D eigenvalue weighted by Crippen LogP contribution is -2.23. The SMILES string of the molecule is CCCCCCCCSc1cc2c(C(=O)CN(C)C)ccc(C(=O)CN(C)C)c2c2ccccc12. The normalized spacial score (nSPS) is 11.7. The molecule has 0 aliphatic rings. The van der Waals surface area contributed by atoms with Gasteiger partial charge in [-0.25, -0.2) is 0 Å². The van der Waals surface area contributed by atoms with Gasteiger partial charge in [0.05, 0.1) is 13.1 Å². The third kappa shape index (κ3) is 7.16. The van der Waals surface area contributed by atoms with Gasteiger partial charge in [-0.05, 0) is 74.7 Å². The van der Waals surface area contributed by atoms with E-state index in [0.717, 1.165) is 27.3 Å². The van der Waals surface area contributed by atoms with Gasteiger partial charge in [-0.3, -0.25) is 9.59 Å². The number of ketones is 2. The van der Waals surface area contributed by atoms with Crippen LogP contribution in [-0.4, -0.2) is 68.4 Å². The third-order valence-electron chi connectivity index (χ3n) is 6.26. The van der Waals surface area contributed by atoms with Crippen LogP contribution in [0.1, 0.15) is 66.2 Å². The largest absolute Gasteiger partial charge is 0.302 e. The lowest BCUT2D eigenvalue weighted by molar-refractivity contribution is 0.0948. The number of carbonyl (C=O) groups excluding carboxylic acids is 2. The zero-order valence-corrected chi connectivity index (χ0v) is 22.8. The molecule has 4 nitrogen and oxygen atoms in total. The molecule has 0 fully saturated rings. The van der Waals surface area contributed by atoms with E-state index in [4.69, 9.17) is 0 Å². The number of nitrogens with zero attached hydrogens (tertiary/aromatic N) is 2. The average Bonchev–Trinajstić information content (AvgIpc) is 2.81. The van der Waals surface area contributed by atoms with Gasteiger partial charge in [0, 0.05) is 21.4 Å². The van der Waals surface area contributed by atoms with E-state index in [1.54, 1.807) is 0 Å². The molecule has 0 radical (unpaired) electrons. The monoisotopic (exact) mass is 492 g/mol. The second-order valence-electron chi connectivity index (χ2n) is 9.94. The molecule has 5 heteroatoms. The summed E-state index contributed by atoms with van der Waals surface area (Å²) >= 11 is 1.87. The maximum absolute atomic E-state index is 13.2. The highest BCUT2D eigenvalue weighted by Crippen LogP contribution is 2.38. The van der Waals surface area contributed by atoms with Crippen molar-refractivity contribution < 1.29 is 9.59 Å². The van der Waals surface area contributed by atoms with Gasteiger partial charge in [0.15, 0.2) is 11.6 Å². The maximum atomic E-state index is 13.2. The zero-order chi connectivity index (χ0) is 25.4. The predicted molar refractivity (Wildman–Crippen MR) is 151 cm³/mol. The number of likely N-dealkylation sites (N-methyl/N-ethyl adjacent to an activating group) is 2. The Kier molecular flexibility index (Phi) is 10.3. The first-order valence-electron chi connectivity index (χ1n) is 12.8. The summed E-state index contributed by atoms with van der Waals surface area (Å²) in [6.07, 6.45) is 7.66. The van der Waals surface area contributed by atoms with E-state index < -0.39 is 0 Å². The van der Waals surface area contributed by atoms with Crippen LogP contribution in [0.25, 0.3) is 21.5 Å². The molecule has 0 saturated carbocycles. The topological polar surface area (TPSA) is 40.6 Å². The number of rotatable bonds is 14. The summed E-state index contributed by atoms with van der Waals surface area (Å²) in [5.41, 5.74) is 1.39. The Morgan fingerprint density at radius 1 is 0.714 bits per heavy atom. The van der Waals surface area contributed by atoms with E-state index in [0.29, 0.717) is 24.2 Å². The van der Waals surface area contributed by atoms with E-state index >= 15 is 0 Å². The van der Waals surface area contributed by atoms with Crippen LogP contribution in [0.2, 0.25) is 0 Å². The molecule has 188 valence electrons. The van der Waals surface area contributed by atoms with Gasteiger partial charge >= 0.3 is 0 Å². The van der Waals surface area contributed by atoms with Crippen LogP contribution in [0.4, 0.5) is 0 Å². The first-order chi connectivity index (χ1) is 16.8. The first-order valence-corrected chi connectivity index (χ1v) is 13.8. The number of carbonyl (C=O) groups is 2. The second-order valence-corrected chi connectivity index (χ2v) is 11.1. The predicted octanol–water partition coefficient (Wildman–Crippen LogP) is 6.93. The highest BCUT2D eigenvalue weighted by Gasteiger charge is 2.20. The number of fused-ring (bicyclic) bond motifs is 3. The summed E-state index contributed by atoms with van der Waals surface area (Å²) in [5.74, 6) is 1.21. The minimum Gasteiger partial charge on any atom is -0.302 e. The number of hydrogen-bond donors (Lipinski definition) is 0. The molecule has 0 aliphatic heterocycles. The van der Waals surface area contributed by atoms with Crippen molar-refractivity contribution in [3.63, 3.8) is 0 Å². The number of Topliss-reactive ketones (excluding diaryl/α,β-unsaturated/α-hetero) is 2. The highest BCUT2D eigenvalue weighted by molar-refractivity contribution is 7.99. The fraction of sp³-hybridized carbons (Fsp3) is 0.467. The van der Waals surface area contributed by atoms with Crippen molar-refractivity contribution in [1.82, 2.24) is 9.80 Å². The number of hydrogen-bond acceptors (Lipinski definition) is 5. The third-order valence-corrected chi connectivity index (χ3v) is 7.40. The van der Waals surface area contributed by atoms with Crippen molar-refractivity contribution in [2.75, 3.05) is 47.0 Å². The van der Waals surface area contributed by atoms with Crippen molar-refractivity contribution >= 4 is 44.9 Å². The molecule has 3 rings (SSSR count). The molecule has 35 heavy (non-hydrogen) atoms. The molecule has 0 heterocycles. The Labute approximate surface area is 215 Å². The van der Waals surface area contributed by atoms with Crippen molar-refractivity contribution in [2.24, 2.45) is 0 Å². The summed E-state index contributed by atoms with van der Waals surface area (Å²) in [7, 11) is 7.63. The van der Waals surface area contributed by atoms with E-state index in [9.17, 15) is 9.59 Å². The molecule has 3 aromatic carbocycles. The molecular formula is C30H40N2O2S. The Balaban J connectivity index is 2.08. The van der Waals surface area contributed by atoms with Crippen molar-refractivity contribution in [2.45, 2.75) is 50.3 Å². The van der Waals surface area contributed by atoms with Gasteiger partial charge in [0.1, 0.15) is 0 Å². The maximum Gasteiger partial charge on any atom is 0.177 e. The molecule has 0 amide bonds. The Hall–Kier alpha value is -2.21. The zero-order valence-electron chi connectivity index (χ0n) is 22.0. The van der Waals surface area contributed by atoms with Gasteiger partial charge in [-0.1, -0.05) is 63.3 Å². The number of unbranched alkanes of at least 4 members (excludes halogenated alkanes) is 5. The van der Waals surface area contributed by atoms with E-state index in [2.05, 4.69) is 31.2 Å². The summed E-state index contributed by atoms with van der Waals surface area (Å²) in [5, 5.41) is 4.01. The molecule has 3 aromatic rings. The molecule has 0 aliphatic carbocycles. The Morgan fingerprint density at radius 3 is 1.94 bits per heavy atom. The molecule has 0 saturated heterocycles. The van der Waals surface area contributed by atoms with Crippen LogP contribution in [0.15, 0.2) is 47.4 Å². The van der Waals surface area contributed by atoms with Crippen LogP contribution in [-0.2, 0) is 0 Å². The number of thioether (sulfide) groups is 1. The van der Waals surface area contributed by atoms with Gasteiger partial charge in [-0.15, -0.1) is 11.8 Å². The van der Waals surface area contributed by atoms with Gasteiger partial charge in [0.25, 0.3) is 0 Å². The van der Waals surface area contributed by atoms with Gasteiger partial charge in [-0.2, -0.15) is 0 Å². The van der Waals surface area contributed by atoms with E-state index in [1.807, 2.05) is 68.0 Å². The van der Waals surface area contributed by atoms with Crippen LogP contribution < -0.4 is 0 Å². The fourth-order valence-electron chi connectivity index (χ4n) is 4.59. The summed E-state index contributed by atoms with van der Waals surface area (Å²) in [6, 6.07) is 14.2. The summed E-state index contributed by atoms with van der Waals surface area (Å²) < 4.78 is 0. The summed E-state index contributed by atoms with van der Waals surface area (Å²) in [4.78, 5) is 31.4. The highest BCUT2D eigenvalue weighted by atomic mass is 32.2. The second kappa shape index (κ2) is 13.2. The first kappa shape index (κ1) is 27.4. The fourth-order valence-corrected chi connectivity index (χ4v) is 5.69. The molecule has 0 atom stereocenters. The Morgan fingerprint density at radius 2 is 1.29 bits per heavy atom. The quantitative estimate of drug-likeness (QED) is 0.106. The standard InChI is InChI=1S/C30H40N2O2S/c1-6-7-8-9-10-13-18-35-29-19-26-22(27(33)20-31(2)3)16-17-25(28(34)21-32(4)5)30(26)24-15-12-11-14-23(24)29/h11-12,14-17,19H,6-10,13,18,20-21H2,1-5H3. The molecule has 0 spiro atoms. The molecule has 0 aromatic heterocycles. The Bertz CT molecular complexity index is 1170. The minimum absolute atomic E-state index is 0.0734.